The van der Waals surface area contributed by atoms with Crippen LogP contribution in [0.2, 0.25) is 0 Å². The van der Waals surface area contributed by atoms with Crippen molar-refractivity contribution < 1.29 is 42.3 Å². The number of hydrogen-bond donors (Lipinski definition) is 3. The standard InChI is InChI=1S/C50H59F2N5O7/c1-9-17-56(18-10-2)46(58)37-22-34(13-5)23-38(28-37)49(62)63-50(16-15-36-24-39(51)29-40(52)25-36,32-53-31-42-30-41(55-64-42)21-33(7)8)54-45-43(47(59)57(19-11-3)20-12-4)26-35(14-6)27-44(45)48(60)61/h5-6,22-30,33,53-54H,9-12,15-21,31-32H2,1-4,7-8H3,(H,60,61)/t50-/m1/s1. The predicted octanol–water partition coefficient (Wildman–Crippen LogP) is 8.72. The predicted molar refractivity (Wildman–Crippen MR) is 242 cm³/mol. The van der Waals surface area contributed by atoms with Crippen LogP contribution in [-0.2, 0) is 24.1 Å². The molecular weight excluding hydrogens is 821 g/mol. The number of carbonyl (C=O) groups excluding carboxylic acids is 3. The number of nitrogens with zero attached hydrogens (tertiary/aromatic N) is 3. The van der Waals surface area contributed by atoms with Crippen LogP contribution in [-0.4, -0.2) is 82.3 Å². The van der Waals surface area contributed by atoms with Crippen molar-refractivity contribution in [3.05, 3.63) is 117 Å². The quantitative estimate of drug-likeness (QED) is 0.0354. The first kappa shape index (κ1) is 50.1. The second kappa shape index (κ2) is 23.8. The zero-order valence-electron chi connectivity index (χ0n) is 37.6. The van der Waals surface area contributed by atoms with E-state index in [1.807, 2.05) is 41.5 Å². The van der Waals surface area contributed by atoms with Gasteiger partial charge in [-0.15, -0.1) is 12.8 Å². The Bertz CT molecular complexity index is 2330. The lowest BCUT2D eigenvalue weighted by Crippen LogP contribution is -2.52. The average molecular weight is 880 g/mol. The number of carbonyl (C=O) groups is 4. The van der Waals surface area contributed by atoms with Gasteiger partial charge in [-0.3, -0.25) is 9.59 Å². The summed E-state index contributed by atoms with van der Waals surface area (Å²) in [4.78, 5) is 59.5. The lowest BCUT2D eigenvalue weighted by molar-refractivity contribution is -0.00855. The van der Waals surface area contributed by atoms with E-state index in [2.05, 4.69) is 27.6 Å². The number of esters is 1. The van der Waals surface area contributed by atoms with Crippen LogP contribution in [0, 0.1) is 42.2 Å². The van der Waals surface area contributed by atoms with E-state index in [0.717, 1.165) is 23.9 Å². The normalized spacial score (nSPS) is 11.9. The number of halogens is 2. The molecule has 0 fully saturated rings. The van der Waals surface area contributed by atoms with E-state index < -0.39 is 40.8 Å². The third kappa shape index (κ3) is 13.7. The van der Waals surface area contributed by atoms with Gasteiger partial charge < -0.3 is 34.8 Å². The SMILES string of the molecule is C#Cc1cc(C(=O)O[C@](CCc2cc(F)cc(F)c2)(CNCc2cc(CC(C)C)no2)Nc2c(C(=O)O)cc(C#C)cc2C(=O)N(CCC)CCC)cc(C(=O)N(CCC)CCC)c1. The summed E-state index contributed by atoms with van der Waals surface area (Å²) in [6, 6.07) is 11.7. The van der Waals surface area contributed by atoms with E-state index in [0.29, 0.717) is 70.0 Å². The number of nitrogens with one attached hydrogen (secondary N) is 2. The number of aryl methyl sites for hydroxylation is 1. The molecule has 0 aliphatic carbocycles. The number of anilines is 1. The number of aromatic carboxylic acids is 1. The molecule has 0 aliphatic rings. The summed E-state index contributed by atoms with van der Waals surface area (Å²) in [5.74, 6) is 0.710. The van der Waals surface area contributed by atoms with Crippen LogP contribution in [0.3, 0.4) is 0 Å². The zero-order chi connectivity index (χ0) is 47.0. The second-order valence-corrected chi connectivity index (χ2v) is 16.2. The van der Waals surface area contributed by atoms with Gasteiger partial charge in [-0.2, -0.15) is 0 Å². The fourth-order valence-electron chi connectivity index (χ4n) is 7.43. The van der Waals surface area contributed by atoms with E-state index in [-0.39, 0.29) is 70.9 Å². The molecule has 1 heterocycles. The Morgan fingerprint density at radius 1 is 0.797 bits per heavy atom. The number of terminal acetylenes is 2. The molecule has 14 heteroatoms. The first-order valence-corrected chi connectivity index (χ1v) is 21.8. The Balaban J connectivity index is 1.97. The lowest BCUT2D eigenvalue weighted by atomic mass is 9.96. The number of benzene rings is 3. The molecule has 340 valence electrons. The minimum Gasteiger partial charge on any atom is -0.478 e. The number of hydrogen-bond acceptors (Lipinski definition) is 9. The number of carboxylic acid groups (broad SMARTS) is 1. The van der Waals surface area contributed by atoms with Crippen molar-refractivity contribution in [1.82, 2.24) is 20.3 Å². The molecule has 0 radical (unpaired) electrons. The highest BCUT2D eigenvalue weighted by Crippen LogP contribution is 2.33. The minimum absolute atomic E-state index is 0.0466. The maximum atomic E-state index is 14.7. The van der Waals surface area contributed by atoms with E-state index in [1.165, 1.54) is 30.3 Å². The van der Waals surface area contributed by atoms with Crippen LogP contribution in [0.25, 0.3) is 0 Å². The topological polar surface area (TPSA) is 154 Å². The maximum absolute atomic E-state index is 14.7. The molecular formula is C50H59F2N5O7. The summed E-state index contributed by atoms with van der Waals surface area (Å²) < 4.78 is 41.4. The van der Waals surface area contributed by atoms with Crippen molar-refractivity contribution >= 4 is 29.4 Å². The Kier molecular flexibility index (Phi) is 18.6. The van der Waals surface area contributed by atoms with Gasteiger partial charge in [-0.1, -0.05) is 58.5 Å². The van der Waals surface area contributed by atoms with Gasteiger partial charge in [0.1, 0.15) is 11.6 Å². The van der Waals surface area contributed by atoms with Crippen molar-refractivity contribution in [2.24, 2.45) is 5.92 Å². The molecule has 0 saturated carbocycles. The van der Waals surface area contributed by atoms with Gasteiger partial charge in [0.15, 0.2) is 11.5 Å². The van der Waals surface area contributed by atoms with Crippen LogP contribution < -0.4 is 10.6 Å². The molecule has 0 aliphatic heterocycles. The van der Waals surface area contributed by atoms with Crippen LogP contribution >= 0.6 is 0 Å². The molecule has 1 atom stereocenters. The third-order valence-electron chi connectivity index (χ3n) is 10.2. The van der Waals surface area contributed by atoms with E-state index >= 15 is 0 Å². The number of aromatic nitrogens is 1. The number of rotatable bonds is 24. The van der Waals surface area contributed by atoms with Gasteiger partial charge in [0.2, 0.25) is 0 Å². The summed E-state index contributed by atoms with van der Waals surface area (Å²) in [5.41, 5.74) is -1.43. The molecule has 64 heavy (non-hydrogen) atoms. The summed E-state index contributed by atoms with van der Waals surface area (Å²) in [6.07, 6.45) is 14.5. The Labute approximate surface area is 375 Å². The van der Waals surface area contributed by atoms with Gasteiger partial charge >= 0.3 is 11.9 Å². The average Bonchev–Trinajstić information content (AvgIpc) is 3.70. The zero-order valence-corrected chi connectivity index (χ0v) is 37.6. The monoisotopic (exact) mass is 879 g/mol. The summed E-state index contributed by atoms with van der Waals surface area (Å²) in [7, 11) is 0. The highest BCUT2D eigenvalue weighted by molar-refractivity contribution is 6.07. The highest BCUT2D eigenvalue weighted by atomic mass is 19.1. The molecule has 4 rings (SSSR count). The fourth-order valence-corrected chi connectivity index (χ4v) is 7.43. The molecule has 0 saturated heterocycles. The van der Waals surface area contributed by atoms with Gasteiger partial charge in [0.05, 0.1) is 41.2 Å². The Hall–Kier alpha value is -6.51. The van der Waals surface area contributed by atoms with E-state index in [1.54, 1.807) is 15.9 Å². The molecule has 0 bridgehead atoms. The number of amides is 2. The molecule has 1 aromatic heterocycles. The number of ether oxygens (including phenoxy) is 1. The summed E-state index contributed by atoms with van der Waals surface area (Å²) >= 11 is 0. The molecule has 12 nitrogen and oxygen atoms in total. The van der Waals surface area contributed by atoms with Crippen LogP contribution in [0.5, 0.6) is 0 Å². The molecule has 4 aromatic rings. The minimum atomic E-state index is -2.01. The van der Waals surface area contributed by atoms with Gasteiger partial charge in [0.25, 0.3) is 11.8 Å². The molecule has 3 aromatic carbocycles. The fraction of sp³-hybridized carbons (Fsp3) is 0.420. The maximum Gasteiger partial charge on any atom is 0.340 e. The van der Waals surface area contributed by atoms with E-state index in [9.17, 15) is 33.1 Å². The molecule has 0 spiro atoms. The van der Waals surface area contributed by atoms with Crippen LogP contribution in [0.15, 0.2) is 59.1 Å². The third-order valence-corrected chi connectivity index (χ3v) is 10.2. The van der Waals surface area contributed by atoms with Crippen molar-refractivity contribution in [1.29, 1.82) is 0 Å². The van der Waals surface area contributed by atoms with Crippen molar-refractivity contribution in [2.75, 3.05) is 38.0 Å². The van der Waals surface area contributed by atoms with Crippen molar-refractivity contribution in [2.45, 2.75) is 98.8 Å². The smallest absolute Gasteiger partial charge is 0.340 e. The molecule has 3 N–H and O–H groups in total. The van der Waals surface area contributed by atoms with Crippen molar-refractivity contribution in [3.63, 3.8) is 0 Å². The van der Waals surface area contributed by atoms with Gasteiger partial charge in [-0.05, 0) is 92.5 Å². The number of carboxylic acids is 1. The molecule has 2 amide bonds. The largest absolute Gasteiger partial charge is 0.478 e. The van der Waals surface area contributed by atoms with Gasteiger partial charge in [0, 0.05) is 61.4 Å². The van der Waals surface area contributed by atoms with E-state index in [4.69, 9.17) is 22.1 Å². The van der Waals surface area contributed by atoms with Crippen LogP contribution in [0.1, 0.15) is 143 Å². The highest BCUT2D eigenvalue weighted by Gasteiger charge is 2.38. The first-order chi connectivity index (χ1) is 30.6. The van der Waals surface area contributed by atoms with Crippen molar-refractivity contribution in [3.8, 4) is 24.7 Å². The summed E-state index contributed by atoms with van der Waals surface area (Å²) in [5, 5.41) is 21.3. The Morgan fingerprint density at radius 2 is 1.36 bits per heavy atom. The second-order valence-electron chi connectivity index (χ2n) is 16.2. The lowest BCUT2D eigenvalue weighted by Gasteiger charge is -2.37. The summed E-state index contributed by atoms with van der Waals surface area (Å²) in [6.45, 7) is 13.2. The Morgan fingerprint density at radius 3 is 1.92 bits per heavy atom. The first-order valence-electron chi connectivity index (χ1n) is 21.8. The molecule has 0 unspecified atom stereocenters. The van der Waals surface area contributed by atoms with Gasteiger partial charge in [-0.25, -0.2) is 18.4 Å². The van der Waals surface area contributed by atoms with Crippen LogP contribution in [0.4, 0.5) is 14.5 Å².